The summed E-state index contributed by atoms with van der Waals surface area (Å²) >= 11 is 0. The molecule has 5 heteroatoms. The summed E-state index contributed by atoms with van der Waals surface area (Å²) in [5.41, 5.74) is 11.9. The molecule has 0 saturated heterocycles. The number of ether oxygens (including phenoxy) is 1. The normalized spacial score (nSPS) is 13.9. The average Bonchev–Trinajstić information content (AvgIpc) is 2.95. The van der Waals surface area contributed by atoms with Crippen molar-refractivity contribution in [2.45, 2.75) is 52.0 Å². The number of rotatable bonds is 5. The van der Waals surface area contributed by atoms with Crippen LogP contribution in [-0.2, 0) is 24.2 Å². The minimum absolute atomic E-state index is 0.220. The minimum Gasteiger partial charge on any atom is -0.497 e. The van der Waals surface area contributed by atoms with Gasteiger partial charge in [0.2, 0.25) is 0 Å². The highest BCUT2D eigenvalue weighted by atomic mass is 16.5. The Morgan fingerprint density at radius 1 is 1.31 bits per heavy atom. The van der Waals surface area contributed by atoms with Crippen LogP contribution in [0.5, 0.6) is 5.75 Å². The molecule has 0 amide bonds. The topological polar surface area (TPSA) is 70.1 Å². The molecular formula is C21H25N3O2. The van der Waals surface area contributed by atoms with Crippen molar-refractivity contribution in [3.63, 3.8) is 0 Å². The molecule has 0 fully saturated rings. The number of carbonyl (C=O) groups excluding carboxylic acids is 1. The van der Waals surface area contributed by atoms with Crippen LogP contribution in [-0.4, -0.2) is 22.4 Å². The lowest BCUT2D eigenvalue weighted by molar-refractivity contribution is -0.117. The monoisotopic (exact) mass is 351 g/mol. The van der Waals surface area contributed by atoms with Crippen molar-refractivity contribution >= 4 is 33.4 Å². The molecule has 0 aliphatic heterocycles. The quantitative estimate of drug-likeness (QED) is 0.753. The van der Waals surface area contributed by atoms with Crippen LogP contribution in [0.4, 0.5) is 5.69 Å². The van der Waals surface area contributed by atoms with Gasteiger partial charge in [-0.3, -0.25) is 0 Å². The number of carbonyl (C=O) groups is 1. The molecule has 1 aliphatic carbocycles. The fourth-order valence-electron chi connectivity index (χ4n) is 4.12. The Morgan fingerprint density at radius 2 is 2.12 bits per heavy atom. The molecule has 2 N–H and O–H groups in total. The maximum Gasteiger partial charge on any atom is 0.143 e. The Morgan fingerprint density at radius 3 is 2.88 bits per heavy atom. The lowest BCUT2D eigenvalue weighted by Crippen LogP contribution is -2.10. The summed E-state index contributed by atoms with van der Waals surface area (Å²) < 4.78 is 7.65. The predicted molar refractivity (Wildman–Crippen MR) is 105 cm³/mol. The molecule has 0 spiro atoms. The van der Waals surface area contributed by atoms with Gasteiger partial charge in [0.25, 0.3) is 0 Å². The standard InChI is InChI=1S/C21H25N3O2/c1-13(25)6-5-11-24-18-10-9-14(26-2)12-16(18)19-20(22)15-7-3-4-8-17(15)23-21(19)24/h9-10,12H,3-8,11H2,1-2H3,(H2,22,23). The Bertz CT molecular complexity index is 1000. The number of benzene rings is 1. The summed E-state index contributed by atoms with van der Waals surface area (Å²) in [4.78, 5) is 16.4. The van der Waals surface area contributed by atoms with Crippen LogP contribution in [0.1, 0.15) is 43.9 Å². The number of aromatic nitrogens is 2. The summed E-state index contributed by atoms with van der Waals surface area (Å²) in [7, 11) is 1.68. The third-order valence-corrected chi connectivity index (χ3v) is 5.43. The van der Waals surface area contributed by atoms with E-state index in [4.69, 9.17) is 15.5 Å². The molecule has 0 atom stereocenters. The van der Waals surface area contributed by atoms with Crippen LogP contribution in [0.2, 0.25) is 0 Å². The highest BCUT2D eigenvalue weighted by Gasteiger charge is 2.22. The SMILES string of the molecule is COc1ccc2c(c1)c1c(N)c3c(nc1n2CCCC(C)=O)CCCC3. The third-order valence-electron chi connectivity index (χ3n) is 5.43. The zero-order chi connectivity index (χ0) is 18.3. The first-order chi connectivity index (χ1) is 12.6. The maximum absolute atomic E-state index is 11.4. The molecule has 2 aromatic heterocycles. The van der Waals surface area contributed by atoms with Gasteiger partial charge in [-0.1, -0.05) is 0 Å². The lowest BCUT2D eigenvalue weighted by atomic mass is 9.93. The van der Waals surface area contributed by atoms with Crippen molar-refractivity contribution in [2.75, 3.05) is 12.8 Å². The van der Waals surface area contributed by atoms with Gasteiger partial charge in [-0.25, -0.2) is 4.98 Å². The van der Waals surface area contributed by atoms with E-state index in [1.807, 2.05) is 12.1 Å². The molecule has 5 nitrogen and oxygen atoms in total. The molecule has 1 aliphatic rings. The van der Waals surface area contributed by atoms with Crippen LogP contribution >= 0.6 is 0 Å². The Hall–Kier alpha value is -2.56. The van der Waals surface area contributed by atoms with Crippen LogP contribution in [0.25, 0.3) is 21.9 Å². The number of hydrogen-bond acceptors (Lipinski definition) is 4. The molecule has 0 saturated carbocycles. The van der Waals surface area contributed by atoms with Gasteiger partial charge in [0, 0.05) is 29.7 Å². The molecule has 3 aromatic rings. The molecule has 0 radical (unpaired) electrons. The van der Waals surface area contributed by atoms with E-state index in [1.54, 1.807) is 14.0 Å². The van der Waals surface area contributed by atoms with E-state index in [-0.39, 0.29) is 5.78 Å². The van der Waals surface area contributed by atoms with Gasteiger partial charge in [-0.05, 0) is 62.8 Å². The van der Waals surface area contributed by atoms with E-state index >= 15 is 0 Å². The van der Waals surface area contributed by atoms with E-state index in [0.717, 1.165) is 64.9 Å². The number of hydrogen-bond donors (Lipinski definition) is 1. The van der Waals surface area contributed by atoms with Gasteiger partial charge in [0.05, 0.1) is 18.0 Å². The minimum atomic E-state index is 0.220. The average molecular weight is 351 g/mol. The lowest BCUT2D eigenvalue weighted by Gasteiger charge is -2.18. The molecule has 4 rings (SSSR count). The predicted octanol–water partition coefficient (Wildman–Crippen LogP) is 4.03. The van der Waals surface area contributed by atoms with Crippen molar-refractivity contribution in [3.05, 3.63) is 29.5 Å². The number of nitrogens with zero attached hydrogens (tertiary/aromatic N) is 2. The Balaban J connectivity index is 1.97. The molecule has 0 bridgehead atoms. The fourth-order valence-corrected chi connectivity index (χ4v) is 4.12. The first-order valence-corrected chi connectivity index (χ1v) is 9.36. The summed E-state index contributed by atoms with van der Waals surface area (Å²) in [5.74, 6) is 1.04. The molecule has 0 unspecified atom stereocenters. The number of methoxy groups -OCH3 is 1. The van der Waals surface area contributed by atoms with Gasteiger partial charge in [-0.15, -0.1) is 0 Å². The van der Waals surface area contributed by atoms with E-state index in [2.05, 4.69) is 10.6 Å². The maximum atomic E-state index is 11.4. The summed E-state index contributed by atoms with van der Waals surface area (Å²) in [6.07, 6.45) is 5.73. The largest absolute Gasteiger partial charge is 0.497 e. The van der Waals surface area contributed by atoms with E-state index in [0.29, 0.717) is 6.42 Å². The number of Topliss-reactive ketones (excluding diaryl/α,β-unsaturated/α-hetero) is 1. The first kappa shape index (κ1) is 16.9. The molecule has 136 valence electrons. The third kappa shape index (κ3) is 2.71. The van der Waals surface area contributed by atoms with Crippen LogP contribution in [0.15, 0.2) is 18.2 Å². The number of pyridine rings is 1. The number of nitrogen functional groups attached to an aromatic ring is 1. The second-order valence-electron chi connectivity index (χ2n) is 7.20. The summed E-state index contributed by atoms with van der Waals surface area (Å²) in [6, 6.07) is 6.09. The van der Waals surface area contributed by atoms with Crippen molar-refractivity contribution < 1.29 is 9.53 Å². The van der Waals surface area contributed by atoms with Gasteiger partial charge < -0.3 is 19.8 Å². The van der Waals surface area contributed by atoms with Crippen LogP contribution < -0.4 is 10.5 Å². The van der Waals surface area contributed by atoms with Crippen molar-refractivity contribution in [3.8, 4) is 5.75 Å². The first-order valence-electron chi connectivity index (χ1n) is 9.36. The Labute approximate surface area is 153 Å². The second kappa shape index (κ2) is 6.63. The zero-order valence-corrected chi connectivity index (χ0v) is 15.5. The smallest absolute Gasteiger partial charge is 0.143 e. The highest BCUT2D eigenvalue weighted by Crippen LogP contribution is 2.38. The van der Waals surface area contributed by atoms with Crippen molar-refractivity contribution in [1.29, 1.82) is 0 Å². The van der Waals surface area contributed by atoms with E-state index in [9.17, 15) is 4.79 Å². The second-order valence-corrected chi connectivity index (χ2v) is 7.20. The highest BCUT2D eigenvalue weighted by molar-refractivity contribution is 6.13. The van der Waals surface area contributed by atoms with Gasteiger partial charge >= 0.3 is 0 Å². The number of anilines is 1. The van der Waals surface area contributed by atoms with Gasteiger partial charge in [0.1, 0.15) is 17.2 Å². The Kier molecular flexibility index (Phi) is 4.31. The van der Waals surface area contributed by atoms with E-state index < -0.39 is 0 Å². The summed E-state index contributed by atoms with van der Waals surface area (Å²) in [5, 5.41) is 2.11. The van der Waals surface area contributed by atoms with Crippen molar-refractivity contribution in [2.24, 2.45) is 0 Å². The van der Waals surface area contributed by atoms with Crippen LogP contribution in [0.3, 0.4) is 0 Å². The number of ketones is 1. The number of nitrogens with two attached hydrogens (primary N) is 1. The molecule has 26 heavy (non-hydrogen) atoms. The zero-order valence-electron chi connectivity index (χ0n) is 15.5. The van der Waals surface area contributed by atoms with E-state index in [1.165, 1.54) is 18.4 Å². The molecule has 2 heterocycles. The van der Waals surface area contributed by atoms with Gasteiger partial charge in [-0.2, -0.15) is 0 Å². The molecule has 1 aromatic carbocycles. The molecular weight excluding hydrogens is 326 g/mol. The summed E-state index contributed by atoms with van der Waals surface area (Å²) in [6.45, 7) is 2.40. The number of aryl methyl sites for hydroxylation is 2. The fraction of sp³-hybridized carbons (Fsp3) is 0.429. The van der Waals surface area contributed by atoms with Crippen molar-refractivity contribution in [1.82, 2.24) is 9.55 Å². The van der Waals surface area contributed by atoms with Gasteiger partial charge in [0.15, 0.2) is 0 Å². The number of fused-ring (bicyclic) bond motifs is 4. The van der Waals surface area contributed by atoms with Crippen LogP contribution in [0, 0.1) is 0 Å².